The third kappa shape index (κ3) is 2.47. The molecule has 0 amide bonds. The number of fused-ring (bicyclic) bond motifs is 1. The molecule has 0 bridgehead atoms. The fourth-order valence-corrected chi connectivity index (χ4v) is 4.13. The van der Waals surface area contributed by atoms with Crippen LogP contribution in [0.15, 0.2) is 29.6 Å². The Morgan fingerprint density at radius 2 is 2.00 bits per heavy atom. The van der Waals surface area contributed by atoms with Crippen LogP contribution in [-0.2, 0) is 24.9 Å². The smallest absolute Gasteiger partial charge is 0.100 e. The molecule has 1 heterocycles. The summed E-state index contributed by atoms with van der Waals surface area (Å²) in [5.74, 6) is 0. The summed E-state index contributed by atoms with van der Waals surface area (Å²) in [5.41, 5.74) is 4.66. The first kappa shape index (κ1) is 12.9. The minimum Gasteiger partial charge on any atom is -0.384 e. The van der Waals surface area contributed by atoms with E-state index in [9.17, 15) is 5.11 Å². The largest absolute Gasteiger partial charge is 0.384 e. The van der Waals surface area contributed by atoms with E-state index in [0.29, 0.717) is 6.42 Å². The van der Waals surface area contributed by atoms with Crippen molar-refractivity contribution in [2.24, 2.45) is 0 Å². The number of rotatable bonds is 3. The third-order valence-corrected chi connectivity index (χ3v) is 5.33. The predicted octanol–water partition coefficient (Wildman–Crippen LogP) is 4.00. The van der Waals surface area contributed by atoms with Gasteiger partial charge in [0.15, 0.2) is 0 Å². The van der Waals surface area contributed by atoms with Crippen molar-refractivity contribution in [3.8, 4) is 0 Å². The van der Waals surface area contributed by atoms with Crippen LogP contribution in [0.5, 0.6) is 0 Å². The number of aryl methyl sites for hydroxylation is 3. The van der Waals surface area contributed by atoms with Crippen molar-refractivity contribution < 1.29 is 5.11 Å². The van der Waals surface area contributed by atoms with E-state index >= 15 is 0 Å². The van der Waals surface area contributed by atoms with E-state index in [0.717, 1.165) is 4.88 Å². The number of hydrogen-bond acceptors (Lipinski definition) is 2. The van der Waals surface area contributed by atoms with Crippen molar-refractivity contribution >= 4 is 11.3 Å². The van der Waals surface area contributed by atoms with Crippen LogP contribution >= 0.6 is 11.3 Å². The van der Waals surface area contributed by atoms with Crippen LogP contribution in [0.3, 0.4) is 0 Å². The highest BCUT2D eigenvalue weighted by atomic mass is 32.1. The van der Waals surface area contributed by atoms with Gasteiger partial charge in [0, 0.05) is 11.3 Å². The zero-order valence-corrected chi connectivity index (χ0v) is 12.4. The van der Waals surface area contributed by atoms with Gasteiger partial charge in [-0.25, -0.2) is 0 Å². The number of aliphatic hydroxyl groups is 1. The van der Waals surface area contributed by atoms with Crippen molar-refractivity contribution in [3.63, 3.8) is 0 Å². The maximum Gasteiger partial charge on any atom is 0.100 e. The van der Waals surface area contributed by atoms with E-state index in [4.69, 9.17) is 0 Å². The molecule has 1 unspecified atom stereocenters. The molecular formula is C17H20OS. The maximum absolute atomic E-state index is 10.8. The van der Waals surface area contributed by atoms with E-state index < -0.39 is 5.60 Å². The standard InChI is InChI=1S/C17H20OS/c1-12-8-9-19-16(12)17(2,18)11-13-6-7-14-4-3-5-15(14)10-13/h6-10,18H,3-5,11H2,1-2H3. The summed E-state index contributed by atoms with van der Waals surface area (Å²) in [4.78, 5) is 1.09. The molecule has 3 rings (SSSR count). The van der Waals surface area contributed by atoms with Gasteiger partial charge in [-0.05, 0) is 66.8 Å². The summed E-state index contributed by atoms with van der Waals surface area (Å²) in [6.07, 6.45) is 4.39. The lowest BCUT2D eigenvalue weighted by atomic mass is 9.91. The van der Waals surface area contributed by atoms with Crippen molar-refractivity contribution in [1.82, 2.24) is 0 Å². The molecule has 1 aliphatic rings. The van der Waals surface area contributed by atoms with Gasteiger partial charge in [0.05, 0.1) is 0 Å². The van der Waals surface area contributed by atoms with E-state index in [1.807, 2.05) is 6.92 Å². The fourth-order valence-electron chi connectivity index (χ4n) is 3.14. The molecule has 0 saturated heterocycles. The zero-order chi connectivity index (χ0) is 13.5. The second-order valence-electron chi connectivity index (χ2n) is 5.84. The Morgan fingerprint density at radius 3 is 2.74 bits per heavy atom. The summed E-state index contributed by atoms with van der Waals surface area (Å²) in [6.45, 7) is 4.00. The Hall–Kier alpha value is -1.12. The lowest BCUT2D eigenvalue weighted by Crippen LogP contribution is -2.23. The second-order valence-corrected chi connectivity index (χ2v) is 6.76. The Balaban J connectivity index is 1.86. The molecule has 1 aromatic heterocycles. The molecule has 19 heavy (non-hydrogen) atoms. The summed E-state index contributed by atoms with van der Waals surface area (Å²) in [5, 5.41) is 12.8. The molecule has 1 nitrogen and oxygen atoms in total. The molecular weight excluding hydrogens is 252 g/mol. The molecule has 1 aliphatic carbocycles. The van der Waals surface area contributed by atoms with Crippen LogP contribution in [-0.4, -0.2) is 5.11 Å². The van der Waals surface area contributed by atoms with Crippen LogP contribution in [0.25, 0.3) is 0 Å². The normalized spacial score (nSPS) is 17.2. The van der Waals surface area contributed by atoms with E-state index in [1.54, 1.807) is 11.3 Å². The summed E-state index contributed by atoms with van der Waals surface area (Å²) in [6, 6.07) is 8.80. The zero-order valence-electron chi connectivity index (χ0n) is 11.6. The maximum atomic E-state index is 10.8. The van der Waals surface area contributed by atoms with Gasteiger partial charge < -0.3 is 5.11 Å². The highest BCUT2D eigenvalue weighted by molar-refractivity contribution is 7.10. The summed E-state index contributed by atoms with van der Waals surface area (Å²) >= 11 is 1.65. The quantitative estimate of drug-likeness (QED) is 0.895. The van der Waals surface area contributed by atoms with Gasteiger partial charge in [0.1, 0.15) is 5.60 Å². The summed E-state index contributed by atoms with van der Waals surface area (Å²) in [7, 11) is 0. The van der Waals surface area contributed by atoms with Crippen LogP contribution in [0, 0.1) is 6.92 Å². The van der Waals surface area contributed by atoms with Gasteiger partial charge in [-0.2, -0.15) is 0 Å². The van der Waals surface area contributed by atoms with E-state index in [1.165, 1.54) is 41.5 Å². The molecule has 0 fully saturated rings. The van der Waals surface area contributed by atoms with Crippen LogP contribution in [0.1, 0.15) is 40.5 Å². The number of thiophene rings is 1. The van der Waals surface area contributed by atoms with E-state index in [2.05, 4.69) is 36.6 Å². The number of hydrogen-bond donors (Lipinski definition) is 1. The van der Waals surface area contributed by atoms with Crippen LogP contribution in [0.2, 0.25) is 0 Å². The Morgan fingerprint density at radius 1 is 1.21 bits per heavy atom. The van der Waals surface area contributed by atoms with E-state index in [-0.39, 0.29) is 0 Å². The summed E-state index contributed by atoms with van der Waals surface area (Å²) < 4.78 is 0. The van der Waals surface area contributed by atoms with Crippen molar-refractivity contribution in [1.29, 1.82) is 0 Å². The van der Waals surface area contributed by atoms with Crippen molar-refractivity contribution in [2.75, 3.05) is 0 Å². The Bertz CT molecular complexity index is 595. The minimum atomic E-state index is -0.759. The van der Waals surface area contributed by atoms with Crippen LogP contribution in [0.4, 0.5) is 0 Å². The molecule has 1 aromatic carbocycles. The molecule has 100 valence electrons. The SMILES string of the molecule is Cc1ccsc1C(C)(O)Cc1ccc2c(c1)CCC2. The first-order valence-electron chi connectivity index (χ1n) is 6.94. The predicted molar refractivity (Wildman–Crippen MR) is 80.8 cm³/mol. The fraction of sp³-hybridized carbons (Fsp3) is 0.412. The van der Waals surface area contributed by atoms with Gasteiger partial charge in [0.2, 0.25) is 0 Å². The highest BCUT2D eigenvalue weighted by Crippen LogP contribution is 2.33. The van der Waals surface area contributed by atoms with Gasteiger partial charge >= 0.3 is 0 Å². The van der Waals surface area contributed by atoms with Gasteiger partial charge in [-0.1, -0.05) is 18.2 Å². The van der Waals surface area contributed by atoms with Gasteiger partial charge in [-0.3, -0.25) is 0 Å². The molecule has 2 aromatic rings. The molecule has 0 aliphatic heterocycles. The average Bonchev–Trinajstić information content (AvgIpc) is 2.96. The molecule has 0 spiro atoms. The van der Waals surface area contributed by atoms with Crippen molar-refractivity contribution in [3.05, 3.63) is 56.8 Å². The second kappa shape index (κ2) is 4.77. The molecule has 1 atom stereocenters. The number of benzene rings is 1. The highest BCUT2D eigenvalue weighted by Gasteiger charge is 2.27. The monoisotopic (exact) mass is 272 g/mol. The third-order valence-electron chi connectivity index (χ3n) is 4.06. The lowest BCUT2D eigenvalue weighted by molar-refractivity contribution is 0.0609. The van der Waals surface area contributed by atoms with Crippen LogP contribution < -0.4 is 0 Å². The van der Waals surface area contributed by atoms with Gasteiger partial charge in [0.25, 0.3) is 0 Å². The Labute approximate surface area is 118 Å². The first-order chi connectivity index (χ1) is 9.06. The molecule has 2 heteroatoms. The van der Waals surface area contributed by atoms with Gasteiger partial charge in [-0.15, -0.1) is 11.3 Å². The minimum absolute atomic E-state index is 0.696. The lowest BCUT2D eigenvalue weighted by Gasteiger charge is -2.23. The topological polar surface area (TPSA) is 20.2 Å². The molecule has 0 radical (unpaired) electrons. The molecule has 0 saturated carbocycles. The first-order valence-corrected chi connectivity index (χ1v) is 7.82. The Kier molecular flexibility index (Phi) is 3.23. The molecule has 1 N–H and O–H groups in total. The average molecular weight is 272 g/mol. The van der Waals surface area contributed by atoms with Crippen molar-refractivity contribution in [2.45, 2.75) is 45.1 Å².